The Labute approximate surface area is 189 Å². The van der Waals surface area contributed by atoms with Crippen molar-refractivity contribution < 1.29 is 14.3 Å². The van der Waals surface area contributed by atoms with E-state index in [1.165, 1.54) is 0 Å². The summed E-state index contributed by atoms with van der Waals surface area (Å²) in [6.45, 7) is 1.59. The molecule has 168 valence electrons. The molecule has 3 aromatic carbocycles. The number of carbonyl (C=O) groups excluding carboxylic acids is 1. The van der Waals surface area contributed by atoms with Crippen molar-refractivity contribution in [1.29, 1.82) is 0 Å². The maximum atomic E-state index is 13.1. The van der Waals surface area contributed by atoms with Crippen molar-refractivity contribution in [3.05, 3.63) is 95.6 Å². The first kappa shape index (κ1) is 23.3. The van der Waals surface area contributed by atoms with Crippen molar-refractivity contribution in [3.63, 3.8) is 0 Å². The van der Waals surface area contributed by atoms with Crippen LogP contribution in [0.25, 0.3) is 0 Å². The standard InChI is InChI=1S/C26H31N3O3/c27-16-8-13-22(17-28)29-26(30)23-14-7-15-24(31-18-20-9-3-1-4-10-20)25(23)32-19-21-11-5-2-6-12-21/h1-7,9-12,14-15,22H,8,13,16-19,27-28H2,(H,29,30)/t22-/m1/s1. The van der Waals surface area contributed by atoms with Crippen LogP contribution in [0, 0.1) is 0 Å². The molecule has 0 fully saturated rings. The molecule has 0 saturated heterocycles. The van der Waals surface area contributed by atoms with Gasteiger partial charge in [-0.25, -0.2) is 0 Å². The Hall–Kier alpha value is -3.35. The van der Waals surface area contributed by atoms with E-state index in [4.69, 9.17) is 20.9 Å². The smallest absolute Gasteiger partial charge is 0.255 e. The highest BCUT2D eigenvalue weighted by molar-refractivity contribution is 5.98. The van der Waals surface area contributed by atoms with Crippen LogP contribution >= 0.6 is 0 Å². The number of benzene rings is 3. The molecule has 0 unspecified atom stereocenters. The van der Waals surface area contributed by atoms with Crippen LogP contribution in [0.15, 0.2) is 78.9 Å². The molecule has 5 N–H and O–H groups in total. The molecule has 6 nitrogen and oxygen atoms in total. The fraction of sp³-hybridized carbons (Fsp3) is 0.269. The lowest BCUT2D eigenvalue weighted by Crippen LogP contribution is -2.40. The Morgan fingerprint density at radius 1 is 0.812 bits per heavy atom. The normalized spacial score (nSPS) is 11.6. The molecule has 6 heteroatoms. The molecular formula is C26H31N3O3. The first-order chi connectivity index (χ1) is 15.7. The van der Waals surface area contributed by atoms with E-state index < -0.39 is 0 Å². The van der Waals surface area contributed by atoms with Crippen molar-refractivity contribution >= 4 is 5.91 Å². The second-order valence-corrected chi connectivity index (χ2v) is 7.52. The van der Waals surface area contributed by atoms with Gasteiger partial charge in [0.25, 0.3) is 5.91 Å². The second kappa shape index (κ2) is 12.5. The van der Waals surface area contributed by atoms with E-state index in [9.17, 15) is 4.79 Å². The van der Waals surface area contributed by atoms with Crippen LogP contribution in [-0.4, -0.2) is 25.0 Å². The molecular weight excluding hydrogens is 402 g/mol. The number of para-hydroxylation sites is 1. The minimum Gasteiger partial charge on any atom is -0.485 e. The molecule has 1 atom stereocenters. The fourth-order valence-electron chi connectivity index (χ4n) is 3.30. The van der Waals surface area contributed by atoms with Gasteiger partial charge in [0.1, 0.15) is 13.2 Å². The number of rotatable bonds is 12. The SMILES string of the molecule is NCCC[C@H](CN)NC(=O)c1cccc(OCc2ccccc2)c1OCc1ccccc1. The van der Waals surface area contributed by atoms with E-state index in [0.717, 1.165) is 24.0 Å². The number of hydrogen-bond acceptors (Lipinski definition) is 5. The van der Waals surface area contributed by atoms with Gasteiger partial charge in [0.2, 0.25) is 0 Å². The Morgan fingerprint density at radius 2 is 1.44 bits per heavy atom. The van der Waals surface area contributed by atoms with Crippen LogP contribution in [0.1, 0.15) is 34.3 Å². The monoisotopic (exact) mass is 433 g/mol. The van der Waals surface area contributed by atoms with Crippen LogP contribution < -0.4 is 26.3 Å². The minimum atomic E-state index is -0.245. The summed E-state index contributed by atoms with van der Waals surface area (Å²) in [6, 6.07) is 24.9. The summed E-state index contributed by atoms with van der Waals surface area (Å²) in [5.74, 6) is 0.689. The lowest BCUT2D eigenvalue weighted by Gasteiger charge is -2.20. The van der Waals surface area contributed by atoms with E-state index in [1.807, 2.05) is 66.7 Å². The van der Waals surface area contributed by atoms with Gasteiger partial charge in [-0.3, -0.25) is 4.79 Å². The molecule has 0 aromatic heterocycles. The number of nitrogens with two attached hydrogens (primary N) is 2. The van der Waals surface area contributed by atoms with E-state index >= 15 is 0 Å². The van der Waals surface area contributed by atoms with Gasteiger partial charge < -0.3 is 26.3 Å². The second-order valence-electron chi connectivity index (χ2n) is 7.52. The highest BCUT2D eigenvalue weighted by Crippen LogP contribution is 2.33. The van der Waals surface area contributed by atoms with Gasteiger partial charge in [0.05, 0.1) is 5.56 Å². The largest absolute Gasteiger partial charge is 0.485 e. The van der Waals surface area contributed by atoms with E-state index in [-0.39, 0.29) is 11.9 Å². The summed E-state index contributed by atoms with van der Waals surface area (Å²) < 4.78 is 12.2. The molecule has 0 aliphatic heterocycles. The molecule has 3 aromatic rings. The van der Waals surface area contributed by atoms with E-state index in [2.05, 4.69) is 5.32 Å². The van der Waals surface area contributed by atoms with Crippen molar-refractivity contribution in [1.82, 2.24) is 5.32 Å². The van der Waals surface area contributed by atoms with Crippen molar-refractivity contribution in [3.8, 4) is 11.5 Å². The van der Waals surface area contributed by atoms with Gasteiger partial charge in [0, 0.05) is 12.6 Å². The van der Waals surface area contributed by atoms with Crippen molar-refractivity contribution in [2.75, 3.05) is 13.1 Å². The van der Waals surface area contributed by atoms with Crippen molar-refractivity contribution in [2.24, 2.45) is 11.5 Å². The average Bonchev–Trinajstić information content (AvgIpc) is 2.85. The predicted molar refractivity (Wildman–Crippen MR) is 127 cm³/mol. The molecule has 0 bridgehead atoms. The molecule has 32 heavy (non-hydrogen) atoms. The van der Waals surface area contributed by atoms with Crippen LogP contribution in [0.4, 0.5) is 0 Å². The van der Waals surface area contributed by atoms with Crippen molar-refractivity contribution in [2.45, 2.75) is 32.1 Å². The zero-order chi connectivity index (χ0) is 22.6. The van der Waals surface area contributed by atoms with Gasteiger partial charge in [-0.1, -0.05) is 66.7 Å². The van der Waals surface area contributed by atoms with Crippen LogP contribution in [0.2, 0.25) is 0 Å². The molecule has 0 aliphatic rings. The highest BCUT2D eigenvalue weighted by atomic mass is 16.5. The lowest BCUT2D eigenvalue weighted by atomic mass is 10.1. The minimum absolute atomic E-state index is 0.151. The van der Waals surface area contributed by atoms with Gasteiger partial charge in [-0.15, -0.1) is 0 Å². The van der Waals surface area contributed by atoms with Gasteiger partial charge in [0.15, 0.2) is 11.5 Å². The Bertz CT molecular complexity index is 965. The zero-order valence-electron chi connectivity index (χ0n) is 18.2. The van der Waals surface area contributed by atoms with E-state index in [1.54, 1.807) is 12.1 Å². The Kier molecular flexibility index (Phi) is 9.10. The van der Waals surface area contributed by atoms with Crippen LogP contribution in [0.3, 0.4) is 0 Å². The van der Waals surface area contributed by atoms with E-state index in [0.29, 0.717) is 43.4 Å². The molecule has 3 rings (SSSR count). The molecule has 0 spiro atoms. The molecule has 0 heterocycles. The van der Waals surface area contributed by atoms with Crippen LogP contribution in [0.5, 0.6) is 11.5 Å². The topological polar surface area (TPSA) is 99.6 Å². The number of hydrogen-bond donors (Lipinski definition) is 3. The third-order valence-corrected chi connectivity index (χ3v) is 5.06. The predicted octanol–water partition coefficient (Wildman–Crippen LogP) is 3.64. The van der Waals surface area contributed by atoms with Crippen LogP contribution in [-0.2, 0) is 13.2 Å². The fourth-order valence-corrected chi connectivity index (χ4v) is 3.30. The maximum Gasteiger partial charge on any atom is 0.255 e. The zero-order valence-corrected chi connectivity index (χ0v) is 18.2. The summed E-state index contributed by atoms with van der Waals surface area (Å²) >= 11 is 0. The number of carbonyl (C=O) groups is 1. The third-order valence-electron chi connectivity index (χ3n) is 5.06. The highest BCUT2D eigenvalue weighted by Gasteiger charge is 2.20. The average molecular weight is 434 g/mol. The quantitative estimate of drug-likeness (QED) is 0.405. The Balaban J connectivity index is 1.82. The molecule has 0 aliphatic carbocycles. The molecule has 0 saturated carbocycles. The van der Waals surface area contributed by atoms with Gasteiger partial charge in [-0.2, -0.15) is 0 Å². The summed E-state index contributed by atoms with van der Waals surface area (Å²) in [4.78, 5) is 13.1. The van der Waals surface area contributed by atoms with Gasteiger partial charge >= 0.3 is 0 Å². The molecule has 0 radical (unpaired) electrons. The maximum absolute atomic E-state index is 13.1. The summed E-state index contributed by atoms with van der Waals surface area (Å²) in [6.07, 6.45) is 1.52. The lowest BCUT2D eigenvalue weighted by molar-refractivity contribution is 0.0930. The first-order valence-corrected chi connectivity index (χ1v) is 10.9. The number of nitrogens with one attached hydrogen (secondary N) is 1. The summed E-state index contributed by atoms with van der Waals surface area (Å²) in [7, 11) is 0. The third kappa shape index (κ3) is 6.83. The summed E-state index contributed by atoms with van der Waals surface area (Å²) in [5.41, 5.74) is 13.9. The number of amides is 1. The van der Waals surface area contributed by atoms with Gasteiger partial charge in [-0.05, 0) is 42.6 Å². The first-order valence-electron chi connectivity index (χ1n) is 10.9. The molecule has 1 amide bonds. The number of ether oxygens (including phenoxy) is 2. The Morgan fingerprint density at radius 3 is 2.03 bits per heavy atom. The summed E-state index contributed by atoms with van der Waals surface area (Å²) in [5, 5.41) is 3.00.